The Bertz CT molecular complexity index is 630. The van der Waals surface area contributed by atoms with Gasteiger partial charge in [-0.2, -0.15) is 0 Å². The van der Waals surface area contributed by atoms with Crippen molar-refractivity contribution in [3.8, 4) is 5.75 Å². The molecule has 1 N–H and O–H groups in total. The third kappa shape index (κ3) is 3.36. The highest BCUT2D eigenvalue weighted by atomic mass is 35.5. The maximum absolute atomic E-state index is 13.3. The number of benzene rings is 2. The van der Waals surface area contributed by atoms with Crippen LogP contribution in [-0.4, -0.2) is 18.1 Å². The van der Waals surface area contributed by atoms with Crippen molar-refractivity contribution in [3.05, 3.63) is 65.0 Å². The van der Waals surface area contributed by atoms with Crippen LogP contribution in [0.1, 0.15) is 16.7 Å². The molecule has 0 aliphatic rings. The number of halogens is 2. The molecule has 4 heteroatoms. The maximum atomic E-state index is 13.3. The maximum Gasteiger partial charge on any atom is 0.127 e. The fraction of sp³-hybridized carbons (Fsp3) is 0.294. The first-order valence-electron chi connectivity index (χ1n) is 6.67. The first-order chi connectivity index (χ1) is 10.00. The van der Waals surface area contributed by atoms with Gasteiger partial charge in [0.05, 0.1) is 13.0 Å². The van der Waals surface area contributed by atoms with Crippen LogP contribution in [0.5, 0.6) is 5.75 Å². The second-order valence-corrected chi connectivity index (χ2v) is 5.38. The molecule has 112 valence electrons. The van der Waals surface area contributed by atoms with E-state index in [1.807, 2.05) is 31.2 Å². The van der Waals surface area contributed by atoms with Gasteiger partial charge in [-0.25, -0.2) is 4.39 Å². The summed E-state index contributed by atoms with van der Waals surface area (Å²) in [6.07, 6.45) is 0.338. The summed E-state index contributed by atoms with van der Waals surface area (Å²) in [5.41, 5.74) is 1.24. The molecule has 0 fully saturated rings. The number of alkyl halides is 1. The van der Waals surface area contributed by atoms with E-state index in [1.54, 1.807) is 0 Å². The van der Waals surface area contributed by atoms with Gasteiger partial charge >= 0.3 is 0 Å². The molecule has 2 aromatic rings. The van der Waals surface area contributed by atoms with Crippen LogP contribution >= 0.6 is 11.6 Å². The van der Waals surface area contributed by atoms with Crippen molar-refractivity contribution in [2.45, 2.75) is 18.9 Å². The average Bonchev–Trinajstić information content (AvgIpc) is 2.49. The lowest BCUT2D eigenvalue weighted by atomic mass is 9.86. The van der Waals surface area contributed by atoms with Crippen LogP contribution in [-0.2, 0) is 12.0 Å². The molecule has 2 rings (SSSR count). The first kappa shape index (κ1) is 15.8. The minimum absolute atomic E-state index is 0.0106. The van der Waals surface area contributed by atoms with Crippen LogP contribution < -0.4 is 4.74 Å². The zero-order chi connectivity index (χ0) is 15.5. The van der Waals surface area contributed by atoms with Crippen LogP contribution in [0.3, 0.4) is 0 Å². The monoisotopic (exact) mass is 308 g/mol. The topological polar surface area (TPSA) is 29.5 Å². The van der Waals surface area contributed by atoms with E-state index in [1.165, 1.54) is 25.3 Å². The van der Waals surface area contributed by atoms with Crippen molar-refractivity contribution in [1.82, 2.24) is 0 Å². The van der Waals surface area contributed by atoms with E-state index in [0.717, 1.165) is 11.1 Å². The lowest BCUT2D eigenvalue weighted by molar-refractivity contribution is 0.0584. The molecule has 0 saturated heterocycles. The van der Waals surface area contributed by atoms with E-state index in [-0.39, 0.29) is 5.88 Å². The van der Waals surface area contributed by atoms with Crippen LogP contribution in [0, 0.1) is 12.7 Å². The number of rotatable bonds is 5. The van der Waals surface area contributed by atoms with E-state index in [0.29, 0.717) is 17.7 Å². The minimum Gasteiger partial charge on any atom is -0.496 e. The van der Waals surface area contributed by atoms with Crippen LogP contribution in [0.4, 0.5) is 4.39 Å². The Morgan fingerprint density at radius 1 is 1.24 bits per heavy atom. The van der Waals surface area contributed by atoms with Crippen molar-refractivity contribution in [2.75, 3.05) is 13.0 Å². The van der Waals surface area contributed by atoms with Gasteiger partial charge in [0.2, 0.25) is 0 Å². The molecule has 0 saturated carbocycles. The number of aliphatic hydroxyl groups is 1. The highest BCUT2D eigenvalue weighted by Gasteiger charge is 2.32. The van der Waals surface area contributed by atoms with E-state index in [4.69, 9.17) is 16.3 Å². The summed E-state index contributed by atoms with van der Waals surface area (Å²) in [4.78, 5) is 0. The Morgan fingerprint density at radius 3 is 2.57 bits per heavy atom. The summed E-state index contributed by atoms with van der Waals surface area (Å²) in [6.45, 7) is 1.98. The van der Waals surface area contributed by atoms with Crippen molar-refractivity contribution >= 4 is 11.6 Å². The van der Waals surface area contributed by atoms with Crippen molar-refractivity contribution in [1.29, 1.82) is 0 Å². The van der Waals surface area contributed by atoms with Crippen LogP contribution in [0.25, 0.3) is 0 Å². The lowest BCUT2D eigenvalue weighted by Crippen LogP contribution is -2.31. The molecule has 0 amide bonds. The van der Waals surface area contributed by atoms with Gasteiger partial charge in [-0.05, 0) is 30.2 Å². The summed E-state index contributed by atoms with van der Waals surface area (Å²) in [7, 11) is 1.45. The Hall–Kier alpha value is -1.58. The molecule has 1 unspecified atom stereocenters. The minimum atomic E-state index is -1.31. The van der Waals surface area contributed by atoms with Gasteiger partial charge < -0.3 is 9.84 Å². The molecule has 0 radical (unpaired) electrons. The predicted molar refractivity (Wildman–Crippen MR) is 82.5 cm³/mol. The number of aryl methyl sites for hydroxylation is 1. The van der Waals surface area contributed by atoms with Gasteiger partial charge in [0.25, 0.3) is 0 Å². The predicted octanol–water partition coefficient (Wildman–Crippen LogP) is 3.81. The summed E-state index contributed by atoms with van der Waals surface area (Å²) in [6, 6.07) is 11.9. The Kier molecular flexibility index (Phi) is 4.86. The van der Waals surface area contributed by atoms with Crippen molar-refractivity contribution in [3.63, 3.8) is 0 Å². The number of ether oxygens (including phenoxy) is 1. The summed E-state index contributed by atoms with van der Waals surface area (Å²) in [5.74, 6) is -0.126. The molecular weight excluding hydrogens is 291 g/mol. The van der Waals surface area contributed by atoms with E-state index in [2.05, 4.69) is 0 Å². The molecule has 0 aliphatic heterocycles. The highest BCUT2D eigenvalue weighted by Crippen LogP contribution is 2.35. The van der Waals surface area contributed by atoms with Gasteiger partial charge in [0.1, 0.15) is 17.2 Å². The van der Waals surface area contributed by atoms with E-state index >= 15 is 0 Å². The van der Waals surface area contributed by atoms with Gasteiger partial charge in [0, 0.05) is 18.1 Å². The summed E-state index contributed by atoms with van der Waals surface area (Å²) < 4.78 is 18.5. The average molecular weight is 309 g/mol. The molecule has 0 spiro atoms. The molecule has 0 aliphatic carbocycles. The summed E-state index contributed by atoms with van der Waals surface area (Å²) >= 11 is 6.01. The summed E-state index contributed by atoms with van der Waals surface area (Å²) in [5, 5.41) is 10.9. The normalized spacial score (nSPS) is 13.8. The second-order valence-electron chi connectivity index (χ2n) is 5.11. The Morgan fingerprint density at radius 2 is 1.95 bits per heavy atom. The second kappa shape index (κ2) is 6.46. The highest BCUT2D eigenvalue weighted by molar-refractivity contribution is 6.18. The molecule has 0 heterocycles. The zero-order valence-electron chi connectivity index (χ0n) is 12.1. The lowest BCUT2D eigenvalue weighted by Gasteiger charge is -2.28. The third-order valence-electron chi connectivity index (χ3n) is 3.63. The molecule has 0 aromatic heterocycles. The van der Waals surface area contributed by atoms with Gasteiger partial charge in [-0.1, -0.05) is 24.3 Å². The smallest absolute Gasteiger partial charge is 0.127 e. The quantitative estimate of drug-likeness (QED) is 0.851. The number of methoxy groups -OCH3 is 1. The standard InChI is InChI=1S/C17H18ClFO2/c1-12-5-3-4-6-13(12)10-17(20,11-18)15-8-7-14(19)9-16(15)21-2/h3-9,20H,10-11H2,1-2H3. The van der Waals surface area contributed by atoms with Crippen molar-refractivity contribution in [2.24, 2.45) is 0 Å². The van der Waals surface area contributed by atoms with Gasteiger partial charge in [-0.3, -0.25) is 0 Å². The molecule has 21 heavy (non-hydrogen) atoms. The van der Waals surface area contributed by atoms with Crippen LogP contribution in [0.15, 0.2) is 42.5 Å². The van der Waals surface area contributed by atoms with E-state index in [9.17, 15) is 9.50 Å². The fourth-order valence-corrected chi connectivity index (χ4v) is 2.63. The van der Waals surface area contributed by atoms with Gasteiger partial charge in [-0.15, -0.1) is 11.6 Å². The number of hydrogen-bond acceptors (Lipinski definition) is 2. The van der Waals surface area contributed by atoms with Crippen LogP contribution in [0.2, 0.25) is 0 Å². The molecule has 1 atom stereocenters. The number of hydrogen-bond donors (Lipinski definition) is 1. The Labute approximate surface area is 129 Å². The van der Waals surface area contributed by atoms with E-state index < -0.39 is 11.4 Å². The largest absolute Gasteiger partial charge is 0.496 e. The molecule has 2 aromatic carbocycles. The van der Waals surface area contributed by atoms with Crippen molar-refractivity contribution < 1.29 is 14.2 Å². The Balaban J connectivity index is 2.44. The van der Waals surface area contributed by atoms with Gasteiger partial charge in [0.15, 0.2) is 0 Å². The first-order valence-corrected chi connectivity index (χ1v) is 7.20. The fourth-order valence-electron chi connectivity index (χ4n) is 2.39. The SMILES string of the molecule is COc1cc(F)ccc1C(O)(CCl)Cc1ccccc1C. The third-order valence-corrected chi connectivity index (χ3v) is 4.07. The molecular formula is C17H18ClFO2. The molecule has 0 bridgehead atoms. The molecule has 2 nitrogen and oxygen atoms in total. The zero-order valence-corrected chi connectivity index (χ0v) is 12.8.